The van der Waals surface area contributed by atoms with Crippen LogP contribution in [0.25, 0.3) is 0 Å². The fourth-order valence-electron chi connectivity index (χ4n) is 3.91. The zero-order valence-electron chi connectivity index (χ0n) is 20.6. The molecular formula is C25H57N5. The number of rotatable bonds is 24. The molecule has 0 aliphatic carbocycles. The largest absolute Gasteiger partial charge is 0.326 e. The average Bonchev–Trinajstić information content (AvgIpc) is 2.72. The first-order chi connectivity index (χ1) is 14.6. The standard InChI is InChI=1S/C25H57N5/c1-3-4-5-6-7-8-9-10-11-12-13-14-15-16-20-29-21-17-18-24(26)23(2)30-22-19-25(27)28/h23-25,29-30H,3-22,26-28H2,1-2H3. The first kappa shape index (κ1) is 29.8. The van der Waals surface area contributed by atoms with E-state index in [-0.39, 0.29) is 12.2 Å². The van der Waals surface area contributed by atoms with Crippen LogP contribution in [0.15, 0.2) is 0 Å². The van der Waals surface area contributed by atoms with E-state index in [0.29, 0.717) is 6.04 Å². The van der Waals surface area contributed by atoms with Gasteiger partial charge in [-0.3, -0.25) is 0 Å². The Labute approximate surface area is 189 Å². The Morgan fingerprint density at radius 3 is 1.53 bits per heavy atom. The molecule has 0 aromatic carbocycles. The van der Waals surface area contributed by atoms with Crippen LogP contribution in [0.3, 0.4) is 0 Å². The summed E-state index contributed by atoms with van der Waals surface area (Å²) in [6, 6.07) is 0.511. The molecule has 30 heavy (non-hydrogen) atoms. The molecule has 0 amide bonds. The molecule has 0 spiro atoms. The SMILES string of the molecule is CCCCCCCCCCCCCCCCNCCCC(N)C(C)NCCC(N)N. The summed E-state index contributed by atoms with van der Waals surface area (Å²) in [6.07, 6.45) is 22.6. The van der Waals surface area contributed by atoms with Crippen LogP contribution in [0.2, 0.25) is 0 Å². The summed E-state index contributed by atoms with van der Waals surface area (Å²) in [5, 5.41) is 6.99. The molecule has 0 aromatic heterocycles. The molecule has 0 aliphatic heterocycles. The molecule has 5 nitrogen and oxygen atoms in total. The lowest BCUT2D eigenvalue weighted by atomic mass is 10.0. The molecule has 182 valence electrons. The van der Waals surface area contributed by atoms with E-state index in [2.05, 4.69) is 24.5 Å². The lowest BCUT2D eigenvalue weighted by Gasteiger charge is -2.21. The first-order valence-corrected chi connectivity index (χ1v) is 13.3. The van der Waals surface area contributed by atoms with Gasteiger partial charge in [0.1, 0.15) is 0 Å². The maximum absolute atomic E-state index is 6.25. The van der Waals surface area contributed by atoms with Crippen molar-refractivity contribution in [1.82, 2.24) is 10.6 Å². The van der Waals surface area contributed by atoms with Gasteiger partial charge in [-0.15, -0.1) is 0 Å². The third kappa shape index (κ3) is 22.5. The van der Waals surface area contributed by atoms with E-state index in [0.717, 1.165) is 38.9 Å². The molecule has 8 N–H and O–H groups in total. The Bertz CT molecular complexity index is 325. The summed E-state index contributed by atoms with van der Waals surface area (Å²) in [4.78, 5) is 0. The van der Waals surface area contributed by atoms with Crippen LogP contribution in [-0.4, -0.2) is 37.9 Å². The van der Waals surface area contributed by atoms with Gasteiger partial charge in [-0.1, -0.05) is 90.4 Å². The van der Waals surface area contributed by atoms with Crippen molar-refractivity contribution >= 4 is 0 Å². The molecule has 2 unspecified atom stereocenters. The minimum atomic E-state index is -0.236. The van der Waals surface area contributed by atoms with E-state index in [1.54, 1.807) is 0 Å². The van der Waals surface area contributed by atoms with E-state index in [1.807, 2.05) is 0 Å². The fourth-order valence-corrected chi connectivity index (χ4v) is 3.91. The van der Waals surface area contributed by atoms with Crippen molar-refractivity contribution in [3.05, 3.63) is 0 Å². The van der Waals surface area contributed by atoms with Crippen molar-refractivity contribution in [2.45, 2.75) is 141 Å². The second kappa shape index (κ2) is 23.5. The molecule has 0 rings (SSSR count). The van der Waals surface area contributed by atoms with Gasteiger partial charge in [0.05, 0.1) is 6.17 Å². The summed E-state index contributed by atoms with van der Waals surface area (Å²) < 4.78 is 0. The normalized spacial score (nSPS) is 13.8. The molecule has 0 heterocycles. The quantitative estimate of drug-likeness (QED) is 0.113. The van der Waals surface area contributed by atoms with Crippen molar-refractivity contribution in [2.24, 2.45) is 17.2 Å². The predicted octanol–water partition coefficient (Wildman–Crippen LogP) is 4.78. The smallest absolute Gasteiger partial charge is 0.0533 e. The topological polar surface area (TPSA) is 102 Å². The summed E-state index contributed by atoms with van der Waals surface area (Å²) in [6.45, 7) is 7.50. The van der Waals surface area contributed by atoms with Gasteiger partial charge in [-0.2, -0.15) is 0 Å². The van der Waals surface area contributed by atoms with E-state index < -0.39 is 0 Å². The van der Waals surface area contributed by atoms with Crippen LogP contribution in [0, 0.1) is 0 Å². The fraction of sp³-hybridized carbons (Fsp3) is 1.00. The lowest BCUT2D eigenvalue weighted by Crippen LogP contribution is -2.45. The molecule has 0 saturated heterocycles. The summed E-state index contributed by atoms with van der Waals surface area (Å²) >= 11 is 0. The summed E-state index contributed by atoms with van der Waals surface area (Å²) in [5.74, 6) is 0. The lowest BCUT2D eigenvalue weighted by molar-refractivity contribution is 0.413. The molecule has 5 heteroatoms. The number of hydrogen-bond donors (Lipinski definition) is 5. The van der Waals surface area contributed by atoms with Gasteiger partial charge >= 0.3 is 0 Å². The molecule has 0 aliphatic rings. The summed E-state index contributed by atoms with van der Waals surface area (Å²) in [7, 11) is 0. The van der Waals surface area contributed by atoms with Gasteiger partial charge < -0.3 is 27.8 Å². The van der Waals surface area contributed by atoms with Crippen molar-refractivity contribution in [2.75, 3.05) is 19.6 Å². The zero-order chi connectivity index (χ0) is 22.3. The van der Waals surface area contributed by atoms with Gasteiger partial charge in [0, 0.05) is 12.1 Å². The Hall–Kier alpha value is -0.200. The molecule has 0 radical (unpaired) electrons. The Morgan fingerprint density at radius 1 is 0.567 bits per heavy atom. The third-order valence-electron chi connectivity index (χ3n) is 6.18. The molecule has 2 atom stereocenters. The van der Waals surface area contributed by atoms with E-state index in [9.17, 15) is 0 Å². The van der Waals surface area contributed by atoms with Gasteiger partial charge in [-0.25, -0.2) is 0 Å². The van der Waals surface area contributed by atoms with E-state index in [1.165, 1.54) is 89.9 Å². The third-order valence-corrected chi connectivity index (χ3v) is 6.18. The van der Waals surface area contributed by atoms with Gasteiger partial charge in [0.2, 0.25) is 0 Å². The van der Waals surface area contributed by atoms with Crippen LogP contribution < -0.4 is 27.8 Å². The van der Waals surface area contributed by atoms with Crippen molar-refractivity contribution in [3.8, 4) is 0 Å². The molecule has 0 bridgehead atoms. The molecule has 0 saturated carbocycles. The number of hydrogen-bond acceptors (Lipinski definition) is 5. The molecule has 0 aromatic rings. The highest BCUT2D eigenvalue weighted by molar-refractivity contribution is 4.75. The second-order valence-corrected chi connectivity index (χ2v) is 9.35. The van der Waals surface area contributed by atoms with Crippen molar-refractivity contribution in [1.29, 1.82) is 0 Å². The van der Waals surface area contributed by atoms with E-state index >= 15 is 0 Å². The highest BCUT2D eigenvalue weighted by Gasteiger charge is 2.11. The summed E-state index contributed by atoms with van der Waals surface area (Å²) in [5.41, 5.74) is 17.4. The van der Waals surface area contributed by atoms with Crippen molar-refractivity contribution < 1.29 is 0 Å². The van der Waals surface area contributed by atoms with E-state index in [4.69, 9.17) is 17.2 Å². The average molecular weight is 428 g/mol. The number of nitrogens with two attached hydrogens (primary N) is 3. The van der Waals surface area contributed by atoms with Gasteiger partial charge in [0.25, 0.3) is 0 Å². The predicted molar refractivity (Wildman–Crippen MR) is 135 cm³/mol. The second-order valence-electron chi connectivity index (χ2n) is 9.35. The van der Waals surface area contributed by atoms with Gasteiger partial charge in [-0.05, 0) is 52.2 Å². The number of unbranched alkanes of at least 4 members (excludes halogenated alkanes) is 13. The van der Waals surface area contributed by atoms with Crippen LogP contribution in [0.5, 0.6) is 0 Å². The Balaban J connectivity index is 3.20. The van der Waals surface area contributed by atoms with Crippen LogP contribution in [0.4, 0.5) is 0 Å². The maximum Gasteiger partial charge on any atom is 0.0533 e. The number of nitrogens with one attached hydrogen (secondary N) is 2. The molecular weight excluding hydrogens is 370 g/mol. The zero-order valence-corrected chi connectivity index (χ0v) is 20.6. The monoisotopic (exact) mass is 427 g/mol. The first-order valence-electron chi connectivity index (χ1n) is 13.3. The Kier molecular flexibility index (Phi) is 23.3. The van der Waals surface area contributed by atoms with Crippen LogP contribution >= 0.6 is 0 Å². The highest BCUT2D eigenvalue weighted by Crippen LogP contribution is 2.12. The maximum atomic E-state index is 6.25. The highest BCUT2D eigenvalue weighted by atomic mass is 15.0. The minimum absolute atomic E-state index is 0.196. The van der Waals surface area contributed by atoms with Crippen LogP contribution in [0.1, 0.15) is 123 Å². The molecule has 0 fully saturated rings. The van der Waals surface area contributed by atoms with Crippen molar-refractivity contribution in [3.63, 3.8) is 0 Å². The Morgan fingerprint density at radius 2 is 1.03 bits per heavy atom. The van der Waals surface area contributed by atoms with Crippen LogP contribution in [-0.2, 0) is 0 Å². The minimum Gasteiger partial charge on any atom is -0.326 e. The van der Waals surface area contributed by atoms with Gasteiger partial charge in [0.15, 0.2) is 0 Å².